The van der Waals surface area contributed by atoms with Crippen LogP contribution in [0.25, 0.3) is 0 Å². The average molecular weight is 429 g/mol. The molecule has 1 aromatic heterocycles. The molecule has 0 spiro atoms. The highest BCUT2D eigenvalue weighted by Crippen LogP contribution is 2.18. The van der Waals surface area contributed by atoms with E-state index in [2.05, 4.69) is 39.8 Å². The number of thiazole rings is 1. The van der Waals surface area contributed by atoms with Gasteiger partial charge in [-0.05, 0) is 24.0 Å². The summed E-state index contributed by atoms with van der Waals surface area (Å²) < 4.78 is 41.3. The molecule has 0 fully saturated rings. The lowest BCUT2D eigenvalue weighted by Gasteiger charge is -2.11. The van der Waals surface area contributed by atoms with Gasteiger partial charge in [-0.1, -0.05) is 38.1 Å². The molecule has 1 aromatic carbocycles. The maximum atomic E-state index is 12.2. The molecule has 0 saturated heterocycles. The second kappa shape index (κ2) is 11.2. The number of guanidine groups is 1. The van der Waals surface area contributed by atoms with Gasteiger partial charge in [-0.3, -0.25) is 0 Å². The Balaban J connectivity index is 1.92. The lowest BCUT2D eigenvalue weighted by Crippen LogP contribution is -2.36. The number of nitrogens with zero attached hydrogens (tertiary/aromatic N) is 2. The third-order valence-corrected chi connectivity index (χ3v) is 4.72. The minimum absolute atomic E-state index is 0.0857. The Bertz CT molecular complexity index is 790. The van der Waals surface area contributed by atoms with Crippen LogP contribution in [0.15, 0.2) is 34.6 Å². The van der Waals surface area contributed by atoms with Gasteiger partial charge in [0.15, 0.2) is 5.96 Å². The SMILES string of the molecule is CCNC(=NCc1cccc(COCC(F)(F)F)c1)NCc1nc(C(C)C)cs1. The van der Waals surface area contributed by atoms with E-state index >= 15 is 0 Å². The molecule has 0 atom stereocenters. The molecule has 2 rings (SSSR count). The van der Waals surface area contributed by atoms with Crippen LogP contribution in [0.3, 0.4) is 0 Å². The number of aromatic nitrogens is 1. The van der Waals surface area contributed by atoms with Crippen LogP contribution >= 0.6 is 11.3 Å². The minimum Gasteiger partial charge on any atom is -0.367 e. The summed E-state index contributed by atoms with van der Waals surface area (Å²) in [5.74, 6) is 1.06. The predicted octanol–water partition coefficient (Wildman–Crippen LogP) is 4.60. The molecule has 1 heterocycles. The molecule has 29 heavy (non-hydrogen) atoms. The molecule has 0 amide bonds. The second-order valence-corrected chi connectivity index (χ2v) is 7.74. The van der Waals surface area contributed by atoms with Gasteiger partial charge in [-0.25, -0.2) is 9.98 Å². The van der Waals surface area contributed by atoms with Crippen LogP contribution in [-0.2, 0) is 24.4 Å². The second-order valence-electron chi connectivity index (χ2n) is 6.80. The van der Waals surface area contributed by atoms with Crippen LogP contribution in [0.2, 0.25) is 0 Å². The smallest absolute Gasteiger partial charge is 0.367 e. The number of hydrogen-bond acceptors (Lipinski definition) is 4. The zero-order chi connectivity index (χ0) is 21.3. The zero-order valence-corrected chi connectivity index (χ0v) is 17.7. The standard InChI is InChI=1S/C20H27F3N4OS/c1-4-24-19(26-10-18-27-17(12-29-18)14(2)3)25-9-15-6-5-7-16(8-15)11-28-13-20(21,22)23/h5-8,12,14H,4,9-11,13H2,1-3H3,(H2,24,25,26). The molecular formula is C20H27F3N4OS. The summed E-state index contributed by atoms with van der Waals surface area (Å²) in [5, 5.41) is 9.50. The maximum absolute atomic E-state index is 12.2. The van der Waals surface area contributed by atoms with Crippen LogP contribution in [0.1, 0.15) is 48.5 Å². The highest BCUT2D eigenvalue weighted by Gasteiger charge is 2.27. The van der Waals surface area contributed by atoms with Crippen molar-refractivity contribution in [1.29, 1.82) is 0 Å². The Labute approximate surface area is 173 Å². The third kappa shape index (κ3) is 8.82. The van der Waals surface area contributed by atoms with Crippen molar-refractivity contribution in [3.63, 3.8) is 0 Å². The lowest BCUT2D eigenvalue weighted by atomic mass is 10.1. The first-order valence-electron chi connectivity index (χ1n) is 9.45. The number of hydrogen-bond donors (Lipinski definition) is 2. The van der Waals surface area contributed by atoms with E-state index in [4.69, 9.17) is 4.74 Å². The summed E-state index contributed by atoms with van der Waals surface area (Å²) in [4.78, 5) is 9.15. The molecule has 0 aliphatic rings. The highest BCUT2D eigenvalue weighted by molar-refractivity contribution is 7.09. The summed E-state index contributed by atoms with van der Waals surface area (Å²) in [6.45, 7) is 6.56. The molecule has 0 saturated carbocycles. The van der Waals surface area contributed by atoms with Gasteiger partial charge in [-0.2, -0.15) is 13.2 Å². The van der Waals surface area contributed by atoms with Crippen LogP contribution in [-0.4, -0.2) is 30.3 Å². The third-order valence-electron chi connectivity index (χ3n) is 3.86. The van der Waals surface area contributed by atoms with E-state index < -0.39 is 12.8 Å². The minimum atomic E-state index is -4.32. The summed E-state index contributed by atoms with van der Waals surface area (Å²) in [5.41, 5.74) is 2.66. The van der Waals surface area contributed by atoms with Gasteiger partial charge >= 0.3 is 6.18 Å². The van der Waals surface area contributed by atoms with E-state index in [-0.39, 0.29) is 6.61 Å². The lowest BCUT2D eigenvalue weighted by molar-refractivity contribution is -0.176. The zero-order valence-electron chi connectivity index (χ0n) is 16.8. The van der Waals surface area contributed by atoms with Crippen molar-refractivity contribution in [3.8, 4) is 0 Å². The Morgan fingerprint density at radius 2 is 2.00 bits per heavy atom. The monoisotopic (exact) mass is 428 g/mol. The van der Waals surface area contributed by atoms with E-state index in [9.17, 15) is 13.2 Å². The molecule has 2 aromatic rings. The van der Waals surface area contributed by atoms with Gasteiger partial charge in [0, 0.05) is 11.9 Å². The fraction of sp³-hybridized carbons (Fsp3) is 0.500. The number of aliphatic imine (C=N–C) groups is 1. The fourth-order valence-corrected chi connectivity index (χ4v) is 3.34. The van der Waals surface area contributed by atoms with Crippen LogP contribution in [0, 0.1) is 0 Å². The summed E-state index contributed by atoms with van der Waals surface area (Å²) >= 11 is 1.61. The van der Waals surface area contributed by atoms with Crippen molar-refractivity contribution in [1.82, 2.24) is 15.6 Å². The van der Waals surface area contributed by atoms with Gasteiger partial charge in [0.05, 0.1) is 25.4 Å². The normalized spacial score (nSPS) is 12.4. The molecule has 9 heteroatoms. The van der Waals surface area contributed by atoms with Gasteiger partial charge in [-0.15, -0.1) is 11.3 Å². The Morgan fingerprint density at radius 1 is 1.24 bits per heavy atom. The van der Waals surface area contributed by atoms with Gasteiger partial charge in [0.2, 0.25) is 0 Å². The molecule has 0 bridgehead atoms. The van der Waals surface area contributed by atoms with E-state index in [1.165, 1.54) is 0 Å². The van der Waals surface area contributed by atoms with Gasteiger partial charge in [0.1, 0.15) is 11.6 Å². The Kier molecular flexibility index (Phi) is 8.91. The van der Waals surface area contributed by atoms with Crippen molar-refractivity contribution < 1.29 is 17.9 Å². The molecule has 2 N–H and O–H groups in total. The first kappa shape index (κ1) is 23.2. The molecule has 0 aliphatic carbocycles. The quantitative estimate of drug-likeness (QED) is 0.453. The van der Waals surface area contributed by atoms with Crippen LogP contribution in [0.5, 0.6) is 0 Å². The molecule has 5 nitrogen and oxygen atoms in total. The highest BCUT2D eigenvalue weighted by atomic mass is 32.1. The molecule has 0 aliphatic heterocycles. The number of alkyl halides is 3. The van der Waals surface area contributed by atoms with Crippen molar-refractivity contribution >= 4 is 17.3 Å². The first-order valence-corrected chi connectivity index (χ1v) is 10.3. The van der Waals surface area contributed by atoms with Crippen LogP contribution in [0.4, 0.5) is 13.2 Å². The summed E-state index contributed by atoms with van der Waals surface area (Å²) in [6, 6.07) is 7.22. The molecule has 160 valence electrons. The molecule has 0 unspecified atom stereocenters. The van der Waals surface area contributed by atoms with Crippen molar-refractivity contribution in [2.75, 3.05) is 13.2 Å². The topological polar surface area (TPSA) is 58.5 Å². The van der Waals surface area contributed by atoms with Gasteiger partial charge in [0.25, 0.3) is 0 Å². The van der Waals surface area contributed by atoms with Crippen molar-refractivity contribution in [2.45, 2.75) is 52.6 Å². The molecule has 0 radical (unpaired) electrons. The van der Waals surface area contributed by atoms with Gasteiger partial charge < -0.3 is 15.4 Å². The number of halogens is 3. The number of rotatable bonds is 9. The number of benzene rings is 1. The van der Waals surface area contributed by atoms with E-state index in [1.807, 2.05) is 13.0 Å². The Morgan fingerprint density at radius 3 is 2.66 bits per heavy atom. The summed E-state index contributed by atoms with van der Waals surface area (Å²) in [7, 11) is 0. The number of nitrogens with one attached hydrogen (secondary N) is 2. The maximum Gasteiger partial charge on any atom is 0.411 e. The fourth-order valence-electron chi connectivity index (χ4n) is 2.45. The van der Waals surface area contributed by atoms with E-state index in [0.717, 1.165) is 16.3 Å². The number of ether oxygens (including phenoxy) is 1. The largest absolute Gasteiger partial charge is 0.411 e. The van der Waals surface area contributed by atoms with Crippen LogP contribution < -0.4 is 10.6 Å². The Hall–Kier alpha value is -2.13. The average Bonchev–Trinajstić information content (AvgIpc) is 3.13. The summed E-state index contributed by atoms with van der Waals surface area (Å²) in [6.07, 6.45) is -4.32. The van der Waals surface area contributed by atoms with Crippen molar-refractivity contribution in [3.05, 3.63) is 51.5 Å². The first-order chi connectivity index (χ1) is 13.8. The van der Waals surface area contributed by atoms with E-state index in [0.29, 0.717) is 37.1 Å². The predicted molar refractivity (Wildman–Crippen MR) is 110 cm³/mol. The molecular weight excluding hydrogens is 401 g/mol. The van der Waals surface area contributed by atoms with Crippen molar-refractivity contribution in [2.24, 2.45) is 4.99 Å². The van der Waals surface area contributed by atoms with E-state index in [1.54, 1.807) is 29.5 Å².